The van der Waals surface area contributed by atoms with Crippen molar-refractivity contribution in [1.82, 2.24) is 15.1 Å². The summed E-state index contributed by atoms with van der Waals surface area (Å²) in [4.78, 5) is 9.58. The molecule has 1 aromatic rings. The van der Waals surface area contributed by atoms with E-state index in [2.05, 4.69) is 45.8 Å². The average molecular weight is 527 g/mol. The zero-order valence-corrected chi connectivity index (χ0v) is 20.1. The fourth-order valence-electron chi connectivity index (χ4n) is 3.70. The van der Waals surface area contributed by atoms with Gasteiger partial charge in [0.1, 0.15) is 0 Å². The summed E-state index contributed by atoms with van der Waals surface area (Å²) in [5.74, 6) is 1.72. The summed E-state index contributed by atoms with van der Waals surface area (Å²) in [6.07, 6.45) is 0.747. The van der Waals surface area contributed by atoms with Crippen molar-refractivity contribution in [2.75, 3.05) is 50.8 Å². The lowest BCUT2D eigenvalue weighted by atomic mass is 10.1. The summed E-state index contributed by atoms with van der Waals surface area (Å²) in [6, 6.07) is 2.66. The summed E-state index contributed by atoms with van der Waals surface area (Å²) in [5.41, 5.74) is 1.39. The molecular weight excluding hydrogens is 495 g/mol. The van der Waals surface area contributed by atoms with E-state index in [1.54, 1.807) is 11.3 Å². The molecule has 0 spiro atoms. The molecule has 0 radical (unpaired) electrons. The van der Waals surface area contributed by atoms with Crippen molar-refractivity contribution in [2.24, 2.45) is 10.9 Å². The van der Waals surface area contributed by atoms with Gasteiger partial charge in [0.15, 0.2) is 15.8 Å². The van der Waals surface area contributed by atoms with Crippen LogP contribution in [-0.4, -0.2) is 75.0 Å². The summed E-state index contributed by atoms with van der Waals surface area (Å²) in [5, 5.41) is 7.75. The highest BCUT2D eigenvalue weighted by Gasteiger charge is 2.28. The second kappa shape index (κ2) is 10.4. The van der Waals surface area contributed by atoms with E-state index in [9.17, 15) is 8.42 Å². The van der Waals surface area contributed by atoms with E-state index in [1.165, 1.54) is 5.56 Å². The van der Waals surface area contributed by atoms with Crippen LogP contribution >= 0.6 is 35.3 Å². The van der Waals surface area contributed by atoms with Crippen molar-refractivity contribution >= 4 is 51.1 Å². The second-order valence-corrected chi connectivity index (χ2v) is 10.2. The highest BCUT2D eigenvalue weighted by Crippen LogP contribution is 2.23. The molecule has 3 rings (SSSR count). The topological polar surface area (TPSA) is 65.0 Å². The highest BCUT2D eigenvalue weighted by molar-refractivity contribution is 14.0. The standard InChI is InChI=1S/C18H30N4O2S2.HI/c1-3-19-18(20-12-16-5-11-26(23,24)14-16)22-8-6-21(7-9-22)15(2)17-4-10-25-13-17;/h4,10,13,15-16H,3,5-9,11-12,14H2,1-2H3,(H,19,20);1H. The average Bonchev–Trinajstić information content (AvgIpc) is 3.28. The minimum atomic E-state index is -2.83. The maximum atomic E-state index is 11.6. The lowest BCUT2D eigenvalue weighted by Crippen LogP contribution is -2.53. The number of nitrogens with one attached hydrogen (secondary N) is 1. The van der Waals surface area contributed by atoms with E-state index in [0.29, 0.717) is 24.1 Å². The third kappa shape index (κ3) is 6.30. The number of nitrogens with zero attached hydrogens (tertiary/aromatic N) is 3. The smallest absolute Gasteiger partial charge is 0.194 e. The zero-order valence-electron chi connectivity index (χ0n) is 16.1. The van der Waals surface area contributed by atoms with Gasteiger partial charge in [0.05, 0.1) is 11.5 Å². The first kappa shape index (κ1) is 22.9. The van der Waals surface area contributed by atoms with Crippen molar-refractivity contribution in [3.8, 4) is 0 Å². The molecule has 154 valence electrons. The number of thiophene rings is 1. The van der Waals surface area contributed by atoms with Crippen LogP contribution in [0, 0.1) is 5.92 Å². The third-order valence-corrected chi connectivity index (χ3v) is 7.89. The number of hydrogen-bond acceptors (Lipinski definition) is 5. The lowest BCUT2D eigenvalue weighted by molar-refractivity contribution is 0.138. The number of aliphatic imine (C=N–C) groups is 1. The molecule has 1 N–H and O–H groups in total. The van der Waals surface area contributed by atoms with E-state index in [0.717, 1.165) is 45.1 Å². The SMILES string of the molecule is CCNC(=NCC1CCS(=O)(=O)C1)N1CCN(C(C)c2ccsc2)CC1.I. The van der Waals surface area contributed by atoms with Crippen LogP contribution in [0.25, 0.3) is 0 Å². The van der Waals surface area contributed by atoms with Crippen LogP contribution in [0.1, 0.15) is 31.9 Å². The molecule has 6 nitrogen and oxygen atoms in total. The molecular formula is C18H31IN4O2S2. The quantitative estimate of drug-likeness (QED) is 0.363. The molecule has 3 heterocycles. The van der Waals surface area contributed by atoms with Crippen LogP contribution in [0.3, 0.4) is 0 Å². The van der Waals surface area contributed by atoms with Crippen LogP contribution in [0.2, 0.25) is 0 Å². The molecule has 2 saturated heterocycles. The van der Waals surface area contributed by atoms with Gasteiger partial charge in [0.2, 0.25) is 0 Å². The summed E-state index contributed by atoms with van der Waals surface area (Å²) in [6.45, 7) is 9.70. The molecule has 2 fully saturated rings. The normalized spacial score (nSPS) is 24.4. The number of rotatable bonds is 5. The van der Waals surface area contributed by atoms with E-state index < -0.39 is 9.84 Å². The molecule has 0 aromatic carbocycles. The number of sulfone groups is 1. The van der Waals surface area contributed by atoms with Crippen molar-refractivity contribution in [3.63, 3.8) is 0 Å². The Bertz CT molecular complexity index is 701. The maximum absolute atomic E-state index is 11.6. The van der Waals surface area contributed by atoms with E-state index in [4.69, 9.17) is 4.99 Å². The fourth-order valence-corrected chi connectivity index (χ4v) is 6.30. The van der Waals surface area contributed by atoms with Crippen molar-refractivity contribution in [2.45, 2.75) is 26.3 Å². The first-order valence-corrected chi connectivity index (χ1v) is 12.2. The van der Waals surface area contributed by atoms with E-state index in [-0.39, 0.29) is 29.9 Å². The number of piperazine rings is 1. The minimum Gasteiger partial charge on any atom is -0.357 e. The molecule has 9 heteroatoms. The van der Waals surface area contributed by atoms with Crippen LogP contribution in [0.4, 0.5) is 0 Å². The molecule has 0 amide bonds. The summed E-state index contributed by atoms with van der Waals surface area (Å²) < 4.78 is 23.3. The van der Waals surface area contributed by atoms with Gasteiger partial charge in [-0.25, -0.2) is 8.42 Å². The number of guanidine groups is 1. The Balaban J connectivity index is 0.00000261. The summed E-state index contributed by atoms with van der Waals surface area (Å²) >= 11 is 1.75. The van der Waals surface area contributed by atoms with Crippen LogP contribution in [-0.2, 0) is 9.84 Å². The van der Waals surface area contributed by atoms with Gasteiger partial charge in [-0.2, -0.15) is 11.3 Å². The third-order valence-electron chi connectivity index (χ3n) is 5.35. The molecule has 27 heavy (non-hydrogen) atoms. The van der Waals surface area contributed by atoms with Gasteiger partial charge < -0.3 is 10.2 Å². The monoisotopic (exact) mass is 526 g/mol. The van der Waals surface area contributed by atoms with E-state index >= 15 is 0 Å². The van der Waals surface area contributed by atoms with E-state index in [1.807, 2.05) is 0 Å². The largest absolute Gasteiger partial charge is 0.357 e. The highest BCUT2D eigenvalue weighted by atomic mass is 127. The van der Waals surface area contributed by atoms with Crippen molar-refractivity contribution < 1.29 is 8.42 Å². The Hall–Kier alpha value is -0.390. The molecule has 2 aliphatic heterocycles. The zero-order chi connectivity index (χ0) is 18.6. The molecule has 0 saturated carbocycles. The van der Waals surface area contributed by atoms with Crippen LogP contribution < -0.4 is 5.32 Å². The van der Waals surface area contributed by atoms with Gasteiger partial charge in [-0.3, -0.25) is 9.89 Å². The number of hydrogen-bond donors (Lipinski definition) is 1. The predicted molar refractivity (Wildman–Crippen MR) is 124 cm³/mol. The van der Waals surface area contributed by atoms with Crippen molar-refractivity contribution in [3.05, 3.63) is 22.4 Å². The van der Waals surface area contributed by atoms with Crippen molar-refractivity contribution in [1.29, 1.82) is 0 Å². The Morgan fingerprint density at radius 3 is 2.67 bits per heavy atom. The molecule has 2 unspecified atom stereocenters. The predicted octanol–water partition coefficient (Wildman–Crippen LogP) is 2.44. The van der Waals surface area contributed by atoms with Crippen LogP contribution in [0.5, 0.6) is 0 Å². The summed E-state index contributed by atoms with van der Waals surface area (Å²) in [7, 11) is -2.83. The van der Waals surface area contributed by atoms with Gasteiger partial charge in [-0.15, -0.1) is 24.0 Å². The molecule has 2 atom stereocenters. The maximum Gasteiger partial charge on any atom is 0.194 e. The Labute approximate surface area is 184 Å². The van der Waals surface area contributed by atoms with Gasteiger partial charge in [0.25, 0.3) is 0 Å². The first-order valence-electron chi connectivity index (χ1n) is 9.48. The molecule has 0 aliphatic carbocycles. The minimum absolute atomic E-state index is 0. The van der Waals surface area contributed by atoms with Gasteiger partial charge in [-0.05, 0) is 48.6 Å². The molecule has 2 aliphatic rings. The second-order valence-electron chi connectivity index (χ2n) is 7.22. The fraction of sp³-hybridized carbons (Fsp3) is 0.722. The molecule has 1 aromatic heterocycles. The first-order chi connectivity index (χ1) is 12.5. The van der Waals surface area contributed by atoms with Crippen LogP contribution in [0.15, 0.2) is 21.8 Å². The van der Waals surface area contributed by atoms with Gasteiger partial charge in [-0.1, -0.05) is 0 Å². The molecule has 0 bridgehead atoms. The lowest BCUT2D eigenvalue weighted by Gasteiger charge is -2.39. The Morgan fingerprint density at radius 1 is 1.37 bits per heavy atom. The Kier molecular flexibility index (Phi) is 8.82. The number of halogens is 1. The van der Waals surface area contributed by atoms with Gasteiger partial charge in [0, 0.05) is 45.3 Å². The Morgan fingerprint density at radius 2 is 2.11 bits per heavy atom. The van der Waals surface area contributed by atoms with Gasteiger partial charge >= 0.3 is 0 Å².